The number of benzene rings is 2. The molecule has 0 saturated carbocycles. The lowest BCUT2D eigenvalue weighted by Gasteiger charge is -2.12. The quantitative estimate of drug-likeness (QED) is 0.232. The van der Waals surface area contributed by atoms with Gasteiger partial charge in [-0.2, -0.15) is 37.2 Å². The van der Waals surface area contributed by atoms with E-state index in [9.17, 15) is 21.6 Å². The molecule has 1 heterocycles. The summed E-state index contributed by atoms with van der Waals surface area (Å²) in [5.41, 5.74) is 0.313. The van der Waals surface area contributed by atoms with E-state index in [1.807, 2.05) is 0 Å². The maximum absolute atomic E-state index is 12.7. The van der Waals surface area contributed by atoms with Crippen molar-refractivity contribution in [1.82, 2.24) is 0 Å². The van der Waals surface area contributed by atoms with Gasteiger partial charge in [0, 0.05) is 0 Å². The second-order valence-corrected chi connectivity index (χ2v) is 8.91. The molecular weight excluding hydrogens is 456 g/mol. The first-order chi connectivity index (χ1) is 14.5. The van der Waals surface area contributed by atoms with E-state index in [4.69, 9.17) is 14.4 Å². The highest BCUT2D eigenvalue weighted by Crippen LogP contribution is 2.25. The summed E-state index contributed by atoms with van der Waals surface area (Å²) >= 11 is 0. The van der Waals surface area contributed by atoms with E-state index >= 15 is 0 Å². The number of hydrogen-bond donors (Lipinski definition) is 3. The number of nitrogens with zero attached hydrogens (tertiary/aromatic N) is 4. The standard InChI is InChI=1S/C16H14N4O9S2/c21-16-15(18-17-10-1-5-12(6-2-10)30(23,24)25)14(9-29-22)19-20(16)11-3-7-13(8-4-11)31(26,27)28/h1-8,15,22H,9H2,(H,23,24,25)(H,26,27,28). The van der Waals surface area contributed by atoms with Crippen molar-refractivity contribution >= 4 is 43.2 Å². The molecule has 2 aromatic carbocycles. The zero-order chi connectivity index (χ0) is 22.8. The van der Waals surface area contributed by atoms with Crippen LogP contribution in [0.5, 0.6) is 0 Å². The molecule has 0 radical (unpaired) electrons. The fourth-order valence-corrected chi connectivity index (χ4v) is 3.49. The van der Waals surface area contributed by atoms with Crippen LogP contribution in [0.3, 0.4) is 0 Å². The molecule has 0 bridgehead atoms. The lowest BCUT2D eigenvalue weighted by atomic mass is 10.2. The molecule has 1 unspecified atom stereocenters. The van der Waals surface area contributed by atoms with Gasteiger partial charge in [0.25, 0.3) is 26.1 Å². The Morgan fingerprint density at radius 1 is 0.935 bits per heavy atom. The van der Waals surface area contributed by atoms with Gasteiger partial charge in [-0.05, 0) is 48.5 Å². The van der Waals surface area contributed by atoms with Crippen molar-refractivity contribution in [3.05, 3.63) is 48.5 Å². The Kier molecular flexibility index (Phi) is 6.25. The fraction of sp³-hybridized carbons (Fsp3) is 0.125. The van der Waals surface area contributed by atoms with Gasteiger partial charge in [0.2, 0.25) is 0 Å². The Labute approximate surface area is 175 Å². The van der Waals surface area contributed by atoms with Gasteiger partial charge in [-0.25, -0.2) is 4.89 Å². The molecule has 13 nitrogen and oxygen atoms in total. The molecule has 1 aliphatic rings. The summed E-state index contributed by atoms with van der Waals surface area (Å²) in [7, 11) is -8.79. The Bertz CT molecular complexity index is 1260. The molecule has 1 aliphatic heterocycles. The highest BCUT2D eigenvalue weighted by atomic mass is 32.2. The predicted molar refractivity (Wildman–Crippen MR) is 104 cm³/mol. The predicted octanol–water partition coefficient (Wildman–Crippen LogP) is 1.52. The van der Waals surface area contributed by atoms with Crippen LogP contribution < -0.4 is 5.01 Å². The van der Waals surface area contributed by atoms with E-state index in [-0.39, 0.29) is 26.9 Å². The van der Waals surface area contributed by atoms with E-state index in [1.54, 1.807) is 0 Å². The van der Waals surface area contributed by atoms with Gasteiger partial charge in [-0.3, -0.25) is 19.2 Å². The highest BCUT2D eigenvalue weighted by Gasteiger charge is 2.37. The summed E-state index contributed by atoms with van der Waals surface area (Å²) in [5, 5.41) is 21.3. The molecule has 3 N–H and O–H groups in total. The molecule has 2 aromatic rings. The first-order valence-corrected chi connectivity index (χ1v) is 11.1. The number of hydrazone groups is 1. The average Bonchev–Trinajstić information content (AvgIpc) is 3.01. The summed E-state index contributed by atoms with van der Waals surface area (Å²) in [6.07, 6.45) is 0. The SMILES string of the molecule is O=C1C(N=Nc2ccc(S(=O)(=O)O)cc2)C(COO)=NN1c1ccc(S(=O)(=O)O)cc1. The summed E-state index contributed by atoms with van der Waals surface area (Å²) in [4.78, 5) is 16.0. The topological polar surface area (TPSA) is 196 Å². The van der Waals surface area contributed by atoms with E-state index in [2.05, 4.69) is 20.2 Å². The Balaban J connectivity index is 1.85. The maximum Gasteiger partial charge on any atom is 0.294 e. The zero-order valence-electron chi connectivity index (χ0n) is 15.3. The fourth-order valence-electron chi connectivity index (χ4n) is 2.53. The molecule has 1 atom stereocenters. The number of amides is 1. The third kappa shape index (κ3) is 5.16. The second kappa shape index (κ2) is 8.58. The van der Waals surface area contributed by atoms with Crippen molar-refractivity contribution in [2.75, 3.05) is 11.6 Å². The molecule has 0 aliphatic carbocycles. The summed E-state index contributed by atoms with van der Waals surface area (Å²) in [6.45, 7) is -0.475. The van der Waals surface area contributed by atoms with Crippen LogP contribution in [0.15, 0.2) is 73.7 Å². The van der Waals surface area contributed by atoms with Crippen LogP contribution in [0.25, 0.3) is 0 Å². The maximum atomic E-state index is 12.7. The van der Waals surface area contributed by atoms with Gasteiger partial charge < -0.3 is 0 Å². The number of hydrogen-bond acceptors (Lipinski definition) is 10. The van der Waals surface area contributed by atoms with Crippen LogP contribution >= 0.6 is 0 Å². The van der Waals surface area contributed by atoms with Crippen molar-refractivity contribution in [2.45, 2.75) is 15.8 Å². The van der Waals surface area contributed by atoms with Crippen LogP contribution in [0.2, 0.25) is 0 Å². The van der Waals surface area contributed by atoms with Crippen LogP contribution in [-0.2, 0) is 29.9 Å². The normalized spacial score (nSPS) is 17.4. The van der Waals surface area contributed by atoms with Gasteiger partial charge in [-0.1, -0.05) is 0 Å². The largest absolute Gasteiger partial charge is 0.294 e. The van der Waals surface area contributed by atoms with Crippen LogP contribution in [0, 0.1) is 0 Å². The van der Waals surface area contributed by atoms with E-state index in [0.29, 0.717) is 0 Å². The van der Waals surface area contributed by atoms with Gasteiger partial charge in [-0.15, -0.1) is 0 Å². The second-order valence-electron chi connectivity index (χ2n) is 6.07. The number of azo groups is 1. The van der Waals surface area contributed by atoms with Gasteiger partial charge in [0.1, 0.15) is 12.3 Å². The van der Waals surface area contributed by atoms with Gasteiger partial charge in [0.15, 0.2) is 6.04 Å². The number of carbonyl (C=O) groups excluding carboxylic acids is 1. The average molecular weight is 470 g/mol. The molecule has 1 amide bonds. The molecule has 0 aromatic heterocycles. The summed E-state index contributed by atoms with van der Waals surface area (Å²) in [5.74, 6) is -0.690. The molecule has 164 valence electrons. The Morgan fingerprint density at radius 2 is 1.45 bits per heavy atom. The first-order valence-electron chi connectivity index (χ1n) is 8.24. The third-order valence-corrected chi connectivity index (χ3v) is 5.74. The molecule has 0 spiro atoms. The minimum Gasteiger partial charge on any atom is -0.282 e. The third-order valence-electron chi connectivity index (χ3n) is 4.00. The number of carbonyl (C=O) groups is 1. The molecule has 3 rings (SSSR count). The monoisotopic (exact) mass is 470 g/mol. The molecular formula is C16H14N4O9S2. The number of rotatable bonds is 7. The van der Waals surface area contributed by atoms with Crippen LogP contribution in [-0.4, -0.2) is 55.5 Å². The van der Waals surface area contributed by atoms with E-state index in [1.165, 1.54) is 24.3 Å². The molecule has 0 saturated heterocycles. The molecule has 15 heteroatoms. The molecule has 0 fully saturated rings. The van der Waals surface area contributed by atoms with Crippen molar-refractivity contribution in [1.29, 1.82) is 0 Å². The van der Waals surface area contributed by atoms with Crippen LogP contribution in [0.1, 0.15) is 0 Å². The van der Waals surface area contributed by atoms with Crippen LogP contribution in [0.4, 0.5) is 11.4 Å². The zero-order valence-corrected chi connectivity index (χ0v) is 16.9. The van der Waals surface area contributed by atoms with Crippen molar-refractivity contribution in [3.63, 3.8) is 0 Å². The van der Waals surface area contributed by atoms with Gasteiger partial charge in [0.05, 0.1) is 21.2 Å². The van der Waals surface area contributed by atoms with Crippen molar-refractivity contribution in [3.8, 4) is 0 Å². The highest BCUT2D eigenvalue weighted by molar-refractivity contribution is 7.86. The lowest BCUT2D eigenvalue weighted by molar-refractivity contribution is -0.227. The first kappa shape index (κ1) is 22.6. The lowest BCUT2D eigenvalue weighted by Crippen LogP contribution is -2.31. The summed E-state index contributed by atoms with van der Waals surface area (Å²) in [6, 6.07) is 8.00. The Hall–Kier alpha value is -3.08. The van der Waals surface area contributed by atoms with Gasteiger partial charge >= 0.3 is 0 Å². The van der Waals surface area contributed by atoms with E-state index < -0.39 is 38.8 Å². The van der Waals surface area contributed by atoms with Crippen molar-refractivity contribution < 1.29 is 40.9 Å². The number of anilines is 1. The van der Waals surface area contributed by atoms with Crippen molar-refractivity contribution in [2.24, 2.45) is 15.3 Å². The summed E-state index contributed by atoms with van der Waals surface area (Å²) < 4.78 is 62.4. The smallest absolute Gasteiger partial charge is 0.282 e. The minimum atomic E-state index is -4.42. The molecule has 31 heavy (non-hydrogen) atoms. The van der Waals surface area contributed by atoms with E-state index in [0.717, 1.165) is 29.3 Å². The minimum absolute atomic E-state index is 0.00957. The Morgan fingerprint density at radius 3 is 1.94 bits per heavy atom.